The van der Waals surface area contributed by atoms with Crippen molar-refractivity contribution in [3.8, 4) is 5.69 Å². The molecule has 0 fully saturated rings. The largest absolute Gasteiger partial charge is 0.322 e. The summed E-state index contributed by atoms with van der Waals surface area (Å²) in [5, 5.41) is 2.91. The van der Waals surface area contributed by atoms with Crippen LogP contribution in [-0.2, 0) is 4.79 Å². The van der Waals surface area contributed by atoms with Gasteiger partial charge in [0.25, 0.3) is 0 Å². The summed E-state index contributed by atoms with van der Waals surface area (Å²) < 4.78 is 17.6. The fourth-order valence-corrected chi connectivity index (χ4v) is 2.91. The van der Waals surface area contributed by atoms with E-state index in [9.17, 15) is 9.18 Å². The SMILES string of the molecule is O=C(C=Cc1c(Cl)nc2ccccn12)Nc1ccc(-n2ccnc2)c(F)c1. The maximum absolute atomic E-state index is 14.3. The summed E-state index contributed by atoms with van der Waals surface area (Å²) in [7, 11) is 0. The van der Waals surface area contributed by atoms with E-state index in [-0.39, 0.29) is 0 Å². The number of nitrogens with zero attached hydrogens (tertiary/aromatic N) is 4. The van der Waals surface area contributed by atoms with E-state index in [0.29, 0.717) is 27.9 Å². The lowest BCUT2D eigenvalue weighted by Crippen LogP contribution is -2.08. The van der Waals surface area contributed by atoms with Gasteiger partial charge in [0, 0.05) is 30.4 Å². The molecular formula is C19H13ClFN5O. The fourth-order valence-electron chi connectivity index (χ4n) is 2.67. The average Bonchev–Trinajstić information content (AvgIpc) is 3.27. The monoisotopic (exact) mass is 381 g/mol. The topological polar surface area (TPSA) is 64.2 Å². The molecule has 3 heterocycles. The van der Waals surface area contributed by atoms with Gasteiger partial charge in [-0.15, -0.1) is 0 Å². The van der Waals surface area contributed by atoms with Gasteiger partial charge in [0.15, 0.2) is 5.15 Å². The first kappa shape index (κ1) is 17.0. The molecule has 0 radical (unpaired) electrons. The molecular weight excluding hydrogens is 369 g/mol. The standard InChI is InChI=1S/C19H13ClFN5O/c20-19-16(26-9-2-1-3-17(26)24-19)6-7-18(27)23-13-4-5-15(14(21)11-13)25-10-8-22-12-25/h1-12H,(H,23,27). The lowest BCUT2D eigenvalue weighted by atomic mass is 10.2. The Labute approximate surface area is 158 Å². The van der Waals surface area contributed by atoms with Gasteiger partial charge in [0.1, 0.15) is 11.5 Å². The molecule has 27 heavy (non-hydrogen) atoms. The Morgan fingerprint density at radius 2 is 2.11 bits per heavy atom. The van der Waals surface area contributed by atoms with Crippen LogP contribution < -0.4 is 5.32 Å². The van der Waals surface area contributed by atoms with Gasteiger partial charge in [-0.05, 0) is 36.4 Å². The van der Waals surface area contributed by atoms with E-state index in [1.54, 1.807) is 45.8 Å². The predicted octanol–water partition coefficient (Wildman–Crippen LogP) is 3.96. The molecule has 0 aliphatic carbocycles. The van der Waals surface area contributed by atoms with Gasteiger partial charge >= 0.3 is 0 Å². The van der Waals surface area contributed by atoms with Gasteiger partial charge in [0.05, 0.1) is 17.7 Å². The number of amides is 1. The lowest BCUT2D eigenvalue weighted by Gasteiger charge is -2.07. The number of carbonyl (C=O) groups excluding carboxylic acids is 1. The van der Waals surface area contributed by atoms with E-state index in [1.165, 1.54) is 18.5 Å². The highest BCUT2D eigenvalue weighted by molar-refractivity contribution is 6.31. The molecule has 0 spiro atoms. The van der Waals surface area contributed by atoms with E-state index in [0.717, 1.165) is 0 Å². The highest BCUT2D eigenvalue weighted by Gasteiger charge is 2.09. The van der Waals surface area contributed by atoms with Crippen LogP contribution in [0.15, 0.2) is 67.4 Å². The molecule has 3 aromatic heterocycles. The number of halogens is 2. The predicted molar refractivity (Wildman–Crippen MR) is 101 cm³/mol. The smallest absolute Gasteiger partial charge is 0.248 e. The Kier molecular flexibility index (Phi) is 4.43. The lowest BCUT2D eigenvalue weighted by molar-refractivity contribution is -0.111. The Bertz CT molecular complexity index is 1150. The van der Waals surface area contributed by atoms with Crippen LogP contribution in [0.1, 0.15) is 5.69 Å². The van der Waals surface area contributed by atoms with Gasteiger partial charge in [-0.3, -0.25) is 9.20 Å². The molecule has 0 unspecified atom stereocenters. The van der Waals surface area contributed by atoms with Crippen molar-refractivity contribution in [3.05, 3.63) is 84.1 Å². The zero-order valence-electron chi connectivity index (χ0n) is 13.9. The van der Waals surface area contributed by atoms with Crippen LogP contribution in [0.5, 0.6) is 0 Å². The molecule has 1 N–H and O–H groups in total. The Hall–Kier alpha value is -3.45. The van der Waals surface area contributed by atoms with E-state index >= 15 is 0 Å². The van der Waals surface area contributed by atoms with Crippen molar-refractivity contribution in [1.82, 2.24) is 18.9 Å². The van der Waals surface area contributed by atoms with Gasteiger partial charge in [0.2, 0.25) is 5.91 Å². The second-order valence-electron chi connectivity index (χ2n) is 5.68. The third-order valence-electron chi connectivity index (χ3n) is 3.91. The Morgan fingerprint density at radius 1 is 1.22 bits per heavy atom. The average molecular weight is 382 g/mol. The number of imidazole rings is 2. The van der Waals surface area contributed by atoms with Crippen molar-refractivity contribution in [2.45, 2.75) is 0 Å². The molecule has 134 valence electrons. The van der Waals surface area contributed by atoms with Crippen molar-refractivity contribution in [1.29, 1.82) is 0 Å². The normalized spacial score (nSPS) is 11.3. The summed E-state index contributed by atoms with van der Waals surface area (Å²) in [5.41, 5.74) is 1.96. The summed E-state index contributed by atoms with van der Waals surface area (Å²) in [6.45, 7) is 0. The van der Waals surface area contributed by atoms with Crippen molar-refractivity contribution in [3.63, 3.8) is 0 Å². The number of fused-ring (bicyclic) bond motifs is 1. The van der Waals surface area contributed by atoms with Crippen molar-refractivity contribution in [2.75, 3.05) is 5.32 Å². The van der Waals surface area contributed by atoms with E-state index in [4.69, 9.17) is 11.6 Å². The first-order valence-electron chi connectivity index (χ1n) is 8.01. The molecule has 4 aromatic rings. The van der Waals surface area contributed by atoms with Crippen LogP contribution in [0, 0.1) is 5.82 Å². The second kappa shape index (κ2) is 7.05. The quantitative estimate of drug-likeness (QED) is 0.544. The van der Waals surface area contributed by atoms with Gasteiger partial charge in [-0.25, -0.2) is 14.4 Å². The molecule has 4 rings (SSSR count). The van der Waals surface area contributed by atoms with Crippen molar-refractivity contribution >= 4 is 34.9 Å². The van der Waals surface area contributed by atoms with Crippen molar-refractivity contribution in [2.24, 2.45) is 0 Å². The minimum absolute atomic E-state index is 0.293. The molecule has 0 atom stereocenters. The first-order chi connectivity index (χ1) is 13.1. The maximum atomic E-state index is 14.3. The van der Waals surface area contributed by atoms with Crippen LogP contribution in [0.4, 0.5) is 10.1 Å². The summed E-state index contributed by atoms with van der Waals surface area (Å²) in [6, 6.07) is 9.94. The van der Waals surface area contributed by atoms with Crippen LogP contribution in [-0.4, -0.2) is 24.8 Å². The number of hydrogen-bond acceptors (Lipinski definition) is 3. The number of rotatable bonds is 4. The molecule has 0 saturated heterocycles. The zero-order chi connectivity index (χ0) is 18.8. The third kappa shape index (κ3) is 3.45. The number of carbonyl (C=O) groups is 1. The van der Waals surface area contributed by atoms with E-state index in [1.807, 2.05) is 18.2 Å². The molecule has 8 heteroatoms. The van der Waals surface area contributed by atoms with Crippen LogP contribution in [0.3, 0.4) is 0 Å². The Balaban J connectivity index is 1.51. The van der Waals surface area contributed by atoms with Gasteiger partial charge in [-0.2, -0.15) is 0 Å². The highest BCUT2D eigenvalue weighted by Crippen LogP contribution is 2.20. The molecule has 0 saturated carbocycles. The second-order valence-corrected chi connectivity index (χ2v) is 6.03. The van der Waals surface area contributed by atoms with Crippen LogP contribution in [0.2, 0.25) is 5.15 Å². The van der Waals surface area contributed by atoms with Crippen LogP contribution in [0.25, 0.3) is 17.4 Å². The minimum Gasteiger partial charge on any atom is -0.322 e. The summed E-state index contributed by atoms with van der Waals surface area (Å²) >= 11 is 6.13. The third-order valence-corrected chi connectivity index (χ3v) is 4.19. The minimum atomic E-state index is -0.473. The first-order valence-corrected chi connectivity index (χ1v) is 8.39. The number of anilines is 1. The van der Waals surface area contributed by atoms with Crippen LogP contribution >= 0.6 is 11.6 Å². The van der Waals surface area contributed by atoms with E-state index in [2.05, 4.69) is 15.3 Å². The molecule has 0 aliphatic heterocycles. The number of nitrogens with one attached hydrogen (secondary N) is 1. The molecule has 1 amide bonds. The molecule has 0 bridgehead atoms. The number of hydrogen-bond donors (Lipinski definition) is 1. The fraction of sp³-hybridized carbons (Fsp3) is 0. The zero-order valence-corrected chi connectivity index (χ0v) is 14.6. The van der Waals surface area contributed by atoms with E-state index < -0.39 is 11.7 Å². The van der Waals surface area contributed by atoms with Gasteiger partial charge in [-0.1, -0.05) is 17.7 Å². The molecule has 1 aromatic carbocycles. The number of benzene rings is 1. The summed E-state index contributed by atoms with van der Waals surface area (Å²) in [5.74, 6) is -0.883. The number of pyridine rings is 1. The van der Waals surface area contributed by atoms with Gasteiger partial charge < -0.3 is 9.88 Å². The maximum Gasteiger partial charge on any atom is 0.248 e. The van der Waals surface area contributed by atoms with Crippen molar-refractivity contribution < 1.29 is 9.18 Å². The highest BCUT2D eigenvalue weighted by atomic mass is 35.5. The summed E-state index contributed by atoms with van der Waals surface area (Å²) in [4.78, 5) is 20.3. The number of aromatic nitrogens is 4. The molecule has 0 aliphatic rings. The Morgan fingerprint density at radius 3 is 2.89 bits per heavy atom. The summed E-state index contributed by atoms with van der Waals surface area (Å²) in [6.07, 6.45) is 9.39. The molecule has 6 nitrogen and oxygen atoms in total.